The number of rotatable bonds is 3. The van der Waals surface area contributed by atoms with Crippen molar-refractivity contribution in [2.45, 2.75) is 6.04 Å². The van der Waals surface area contributed by atoms with E-state index in [2.05, 4.69) is 15.5 Å². The second-order valence-corrected chi connectivity index (χ2v) is 5.41. The third-order valence-electron chi connectivity index (χ3n) is 4.07. The van der Waals surface area contributed by atoms with E-state index in [-0.39, 0.29) is 11.9 Å². The number of ether oxygens (including phenoxy) is 1. The molecule has 2 heterocycles. The molecule has 0 bridgehead atoms. The molecule has 1 aliphatic rings. The van der Waals surface area contributed by atoms with Gasteiger partial charge in [0, 0.05) is 11.1 Å². The standard InChI is InChI=1S/C18H15N3O2/c1-23-13-9-5-8-12(10-13)16-14-15(11-6-3-2-4-7-11)19-18(22)17(14)21-20-16/h2-10,15H,1H3,(H,19,22)(H,20,21). The minimum Gasteiger partial charge on any atom is -0.497 e. The monoisotopic (exact) mass is 305 g/mol. The van der Waals surface area contributed by atoms with Crippen molar-refractivity contribution >= 4 is 5.91 Å². The lowest BCUT2D eigenvalue weighted by atomic mass is 9.97. The molecule has 0 radical (unpaired) electrons. The van der Waals surface area contributed by atoms with Crippen LogP contribution in [0.3, 0.4) is 0 Å². The third kappa shape index (κ3) is 2.17. The molecular weight excluding hydrogens is 290 g/mol. The van der Waals surface area contributed by atoms with Gasteiger partial charge in [0.25, 0.3) is 5.91 Å². The molecule has 0 fully saturated rings. The van der Waals surface area contributed by atoms with E-state index in [1.165, 1.54) is 0 Å². The fraction of sp³-hybridized carbons (Fsp3) is 0.111. The van der Waals surface area contributed by atoms with Gasteiger partial charge in [-0.3, -0.25) is 9.89 Å². The Bertz CT molecular complexity index is 871. The smallest absolute Gasteiger partial charge is 0.270 e. The summed E-state index contributed by atoms with van der Waals surface area (Å²) in [5, 5.41) is 10.3. The number of fused-ring (bicyclic) bond motifs is 1. The van der Waals surface area contributed by atoms with E-state index in [9.17, 15) is 4.79 Å². The topological polar surface area (TPSA) is 67.0 Å². The molecule has 1 atom stereocenters. The van der Waals surface area contributed by atoms with E-state index in [4.69, 9.17) is 4.74 Å². The Labute approximate surface area is 133 Å². The molecule has 1 aliphatic heterocycles. The first kappa shape index (κ1) is 13.6. The Morgan fingerprint density at radius 3 is 2.70 bits per heavy atom. The van der Waals surface area contributed by atoms with Crippen molar-refractivity contribution in [3.63, 3.8) is 0 Å². The molecule has 114 valence electrons. The van der Waals surface area contributed by atoms with Crippen LogP contribution in [0.4, 0.5) is 0 Å². The quantitative estimate of drug-likeness (QED) is 0.782. The predicted octanol–water partition coefficient (Wildman–Crippen LogP) is 2.92. The highest BCUT2D eigenvalue weighted by Gasteiger charge is 2.35. The summed E-state index contributed by atoms with van der Waals surface area (Å²) in [7, 11) is 1.63. The minimum absolute atomic E-state index is 0.129. The van der Waals surface area contributed by atoms with Gasteiger partial charge >= 0.3 is 0 Å². The highest BCUT2D eigenvalue weighted by atomic mass is 16.5. The Morgan fingerprint density at radius 1 is 1.09 bits per heavy atom. The molecule has 2 N–H and O–H groups in total. The van der Waals surface area contributed by atoms with Crippen molar-refractivity contribution in [1.29, 1.82) is 0 Å². The molecule has 5 nitrogen and oxygen atoms in total. The third-order valence-corrected chi connectivity index (χ3v) is 4.07. The molecule has 2 aromatic carbocycles. The lowest BCUT2D eigenvalue weighted by Crippen LogP contribution is -2.21. The lowest BCUT2D eigenvalue weighted by Gasteiger charge is -2.13. The van der Waals surface area contributed by atoms with Crippen LogP contribution in [0.1, 0.15) is 27.7 Å². The van der Waals surface area contributed by atoms with Crippen LogP contribution in [0, 0.1) is 0 Å². The summed E-state index contributed by atoms with van der Waals surface area (Å²) in [6.07, 6.45) is 0. The summed E-state index contributed by atoms with van der Waals surface area (Å²) in [6.45, 7) is 0. The largest absolute Gasteiger partial charge is 0.497 e. The van der Waals surface area contributed by atoms with E-state index >= 15 is 0 Å². The second kappa shape index (κ2) is 5.28. The highest BCUT2D eigenvalue weighted by molar-refractivity contribution is 6.00. The maximum atomic E-state index is 12.2. The number of hydrogen-bond donors (Lipinski definition) is 2. The average molecular weight is 305 g/mol. The van der Waals surface area contributed by atoms with E-state index in [1.807, 2.05) is 54.6 Å². The normalized spacial score (nSPS) is 16.0. The summed E-state index contributed by atoms with van der Waals surface area (Å²) in [4.78, 5) is 12.2. The number of benzene rings is 2. The molecular formula is C18H15N3O2. The summed E-state index contributed by atoms with van der Waals surface area (Å²) in [5.41, 5.74) is 4.13. The maximum absolute atomic E-state index is 12.2. The van der Waals surface area contributed by atoms with Gasteiger partial charge < -0.3 is 10.1 Å². The Hall–Kier alpha value is -3.08. The number of hydrogen-bond acceptors (Lipinski definition) is 3. The zero-order valence-corrected chi connectivity index (χ0v) is 12.5. The van der Waals surface area contributed by atoms with Crippen molar-refractivity contribution in [3.05, 3.63) is 71.4 Å². The fourth-order valence-electron chi connectivity index (χ4n) is 2.97. The lowest BCUT2D eigenvalue weighted by molar-refractivity contribution is 0.0955. The first-order valence-electron chi connectivity index (χ1n) is 7.36. The van der Waals surface area contributed by atoms with Gasteiger partial charge in [-0.2, -0.15) is 5.10 Å². The maximum Gasteiger partial charge on any atom is 0.270 e. The van der Waals surface area contributed by atoms with Gasteiger partial charge in [-0.05, 0) is 17.7 Å². The van der Waals surface area contributed by atoms with Gasteiger partial charge in [0.1, 0.15) is 11.4 Å². The number of carbonyl (C=O) groups is 1. The summed E-state index contributed by atoms with van der Waals surface area (Å²) < 4.78 is 5.28. The molecule has 23 heavy (non-hydrogen) atoms. The minimum atomic E-state index is -0.196. The van der Waals surface area contributed by atoms with Crippen LogP contribution in [0.5, 0.6) is 5.75 Å². The summed E-state index contributed by atoms with van der Waals surface area (Å²) >= 11 is 0. The first-order valence-corrected chi connectivity index (χ1v) is 7.36. The van der Waals surface area contributed by atoms with E-state index < -0.39 is 0 Å². The second-order valence-electron chi connectivity index (χ2n) is 5.41. The molecule has 1 unspecified atom stereocenters. The number of aromatic amines is 1. The molecule has 1 aromatic heterocycles. The number of H-pyrrole nitrogens is 1. The molecule has 0 spiro atoms. The number of amides is 1. The number of methoxy groups -OCH3 is 1. The molecule has 0 saturated carbocycles. The van der Waals surface area contributed by atoms with Crippen LogP contribution in [-0.2, 0) is 0 Å². The summed E-state index contributed by atoms with van der Waals surface area (Å²) in [6, 6.07) is 17.4. The van der Waals surface area contributed by atoms with Gasteiger partial charge in [0.15, 0.2) is 0 Å². The van der Waals surface area contributed by atoms with Crippen molar-refractivity contribution in [1.82, 2.24) is 15.5 Å². The fourth-order valence-corrected chi connectivity index (χ4v) is 2.97. The molecule has 3 aromatic rings. The van der Waals surface area contributed by atoms with Crippen molar-refractivity contribution in [3.8, 4) is 17.0 Å². The average Bonchev–Trinajstić information content (AvgIpc) is 3.17. The van der Waals surface area contributed by atoms with Gasteiger partial charge in [0.05, 0.1) is 18.8 Å². The molecule has 1 amide bonds. The molecule has 0 aliphatic carbocycles. The van der Waals surface area contributed by atoms with Crippen LogP contribution in [0.25, 0.3) is 11.3 Å². The van der Waals surface area contributed by atoms with E-state index in [0.717, 1.165) is 28.1 Å². The molecule has 5 heteroatoms. The van der Waals surface area contributed by atoms with Crippen LogP contribution in [0.2, 0.25) is 0 Å². The number of nitrogens with one attached hydrogen (secondary N) is 2. The molecule has 4 rings (SSSR count). The van der Waals surface area contributed by atoms with Gasteiger partial charge in [-0.1, -0.05) is 42.5 Å². The Balaban J connectivity index is 1.86. The van der Waals surface area contributed by atoms with E-state index in [1.54, 1.807) is 7.11 Å². The van der Waals surface area contributed by atoms with Gasteiger partial charge in [0.2, 0.25) is 0 Å². The zero-order valence-electron chi connectivity index (χ0n) is 12.5. The van der Waals surface area contributed by atoms with E-state index in [0.29, 0.717) is 5.69 Å². The van der Waals surface area contributed by atoms with Crippen molar-refractivity contribution in [2.75, 3.05) is 7.11 Å². The number of nitrogens with zero attached hydrogens (tertiary/aromatic N) is 1. The van der Waals surface area contributed by atoms with Crippen LogP contribution in [-0.4, -0.2) is 23.2 Å². The van der Waals surface area contributed by atoms with Crippen LogP contribution >= 0.6 is 0 Å². The first-order chi connectivity index (χ1) is 11.3. The van der Waals surface area contributed by atoms with Crippen molar-refractivity contribution in [2.24, 2.45) is 0 Å². The number of carbonyl (C=O) groups excluding carboxylic acids is 1. The zero-order chi connectivity index (χ0) is 15.8. The Morgan fingerprint density at radius 2 is 1.91 bits per heavy atom. The van der Waals surface area contributed by atoms with Crippen LogP contribution in [0.15, 0.2) is 54.6 Å². The van der Waals surface area contributed by atoms with Crippen molar-refractivity contribution < 1.29 is 9.53 Å². The van der Waals surface area contributed by atoms with Gasteiger partial charge in [-0.25, -0.2) is 0 Å². The highest BCUT2D eigenvalue weighted by Crippen LogP contribution is 2.37. The van der Waals surface area contributed by atoms with Crippen LogP contribution < -0.4 is 10.1 Å². The summed E-state index contributed by atoms with van der Waals surface area (Å²) in [5.74, 6) is 0.628. The predicted molar refractivity (Wildman–Crippen MR) is 86.3 cm³/mol. The Kier molecular flexibility index (Phi) is 3.12. The van der Waals surface area contributed by atoms with Gasteiger partial charge in [-0.15, -0.1) is 0 Å². The SMILES string of the molecule is COc1cccc(-c2n[nH]c3c2C(c2ccccc2)NC3=O)c1. The molecule has 0 saturated heterocycles. The number of aromatic nitrogens is 2.